The Labute approximate surface area is 206 Å². The molecule has 1 aliphatic heterocycles. The van der Waals surface area contributed by atoms with Crippen molar-refractivity contribution in [3.8, 4) is 0 Å². The molecule has 0 spiro atoms. The number of methoxy groups -OCH3 is 1. The van der Waals surface area contributed by atoms with Gasteiger partial charge in [-0.15, -0.1) is 0 Å². The van der Waals surface area contributed by atoms with Crippen LogP contribution in [0.15, 0.2) is 24.3 Å². The molecule has 0 aromatic heterocycles. The fraction of sp³-hybridized carbons (Fsp3) is 0.720. The van der Waals surface area contributed by atoms with Gasteiger partial charge in [-0.05, 0) is 55.3 Å². The molecule has 0 bridgehead atoms. The lowest BCUT2D eigenvalue weighted by molar-refractivity contribution is -0.181. The van der Waals surface area contributed by atoms with Gasteiger partial charge in [0.15, 0.2) is 0 Å². The molecule has 36 heavy (non-hydrogen) atoms. The Hall–Kier alpha value is -1.91. The lowest BCUT2D eigenvalue weighted by atomic mass is 9.79. The molecule has 0 amide bonds. The lowest BCUT2D eigenvalue weighted by Gasteiger charge is -2.49. The standard InChI is InChI=1S/C25H33F8NO2/c1-22(2,3)12-9-19(10-13-23(26,27)28)34-14-11-18(15-20(35)36-4)24(29,30)21(34)16-5-7-17(8-6-16)25(31,32)33/h5-8,18-19,21H,9-15H2,1-4H3/t18-,19+,21+/m0/s1. The summed E-state index contributed by atoms with van der Waals surface area (Å²) in [5.74, 6) is -5.94. The molecular weight excluding hydrogens is 498 g/mol. The average molecular weight is 532 g/mol. The zero-order chi connectivity index (χ0) is 27.5. The molecule has 1 heterocycles. The minimum atomic E-state index is -4.68. The highest BCUT2D eigenvalue weighted by Crippen LogP contribution is 2.50. The number of hydrogen-bond donors (Lipinski definition) is 0. The van der Waals surface area contributed by atoms with E-state index >= 15 is 8.78 Å². The first-order valence-electron chi connectivity index (χ1n) is 11.8. The average Bonchev–Trinajstić information content (AvgIpc) is 2.73. The number of carbonyl (C=O) groups is 1. The van der Waals surface area contributed by atoms with E-state index in [4.69, 9.17) is 0 Å². The number of benzene rings is 1. The van der Waals surface area contributed by atoms with Crippen molar-refractivity contribution in [2.24, 2.45) is 11.3 Å². The molecule has 0 radical (unpaired) electrons. The number of piperidine rings is 1. The van der Waals surface area contributed by atoms with Crippen LogP contribution in [0.4, 0.5) is 35.1 Å². The quantitative estimate of drug-likeness (QED) is 0.253. The number of esters is 1. The van der Waals surface area contributed by atoms with Crippen LogP contribution < -0.4 is 0 Å². The van der Waals surface area contributed by atoms with Crippen molar-refractivity contribution in [1.82, 2.24) is 4.90 Å². The van der Waals surface area contributed by atoms with Gasteiger partial charge in [-0.2, -0.15) is 26.3 Å². The maximum Gasteiger partial charge on any atom is 0.416 e. The van der Waals surface area contributed by atoms with Gasteiger partial charge in [-0.1, -0.05) is 32.9 Å². The van der Waals surface area contributed by atoms with Gasteiger partial charge in [-0.3, -0.25) is 9.69 Å². The van der Waals surface area contributed by atoms with Crippen LogP contribution in [0.3, 0.4) is 0 Å². The third-order valence-electron chi connectivity index (χ3n) is 6.63. The van der Waals surface area contributed by atoms with Crippen molar-refractivity contribution in [3.63, 3.8) is 0 Å². The minimum Gasteiger partial charge on any atom is -0.469 e. The molecule has 11 heteroatoms. The zero-order valence-electron chi connectivity index (χ0n) is 20.8. The van der Waals surface area contributed by atoms with E-state index in [-0.39, 0.29) is 30.4 Å². The maximum absolute atomic E-state index is 15.9. The lowest BCUT2D eigenvalue weighted by Crippen LogP contribution is -2.55. The van der Waals surface area contributed by atoms with Crippen molar-refractivity contribution in [2.45, 2.75) is 89.7 Å². The second kappa shape index (κ2) is 11.2. The normalized spacial score (nSPS) is 22.3. The molecule has 1 fully saturated rings. The number of ether oxygens (including phenoxy) is 1. The third-order valence-corrected chi connectivity index (χ3v) is 6.63. The number of alkyl halides is 8. The van der Waals surface area contributed by atoms with Gasteiger partial charge in [0.2, 0.25) is 0 Å². The van der Waals surface area contributed by atoms with Crippen LogP contribution in [0, 0.1) is 11.3 Å². The van der Waals surface area contributed by atoms with Crippen molar-refractivity contribution in [1.29, 1.82) is 0 Å². The van der Waals surface area contributed by atoms with Crippen molar-refractivity contribution in [3.05, 3.63) is 35.4 Å². The minimum absolute atomic E-state index is 0.0321. The summed E-state index contributed by atoms with van der Waals surface area (Å²) in [6, 6.07) is 0.587. The van der Waals surface area contributed by atoms with E-state index in [1.165, 1.54) is 4.90 Å². The highest BCUT2D eigenvalue weighted by atomic mass is 19.4. The number of halogens is 8. The van der Waals surface area contributed by atoms with Crippen molar-refractivity contribution < 1.29 is 44.7 Å². The number of likely N-dealkylation sites (tertiary alicyclic amines) is 1. The summed E-state index contributed by atoms with van der Waals surface area (Å²) in [4.78, 5) is 13.1. The van der Waals surface area contributed by atoms with E-state index in [1.54, 1.807) is 0 Å². The number of hydrogen-bond acceptors (Lipinski definition) is 3. The first kappa shape index (κ1) is 30.3. The Morgan fingerprint density at radius 2 is 1.58 bits per heavy atom. The monoisotopic (exact) mass is 531 g/mol. The van der Waals surface area contributed by atoms with Crippen molar-refractivity contribution in [2.75, 3.05) is 13.7 Å². The summed E-state index contributed by atoms with van der Waals surface area (Å²) in [6.45, 7) is 5.63. The Bertz CT molecular complexity index is 841. The third kappa shape index (κ3) is 8.31. The van der Waals surface area contributed by atoms with Crippen LogP contribution in [-0.2, 0) is 15.7 Å². The van der Waals surface area contributed by atoms with Gasteiger partial charge in [0, 0.05) is 18.4 Å². The van der Waals surface area contributed by atoms with E-state index in [0.717, 1.165) is 19.2 Å². The molecule has 2 rings (SSSR count). The predicted molar refractivity (Wildman–Crippen MR) is 118 cm³/mol. The SMILES string of the molecule is COC(=O)C[C@@H]1CCN([C@H](CCC(C)(C)C)CCC(F)(F)F)[C@H](c2ccc(C(F)(F)F)cc2)C1(F)F. The number of rotatable bonds is 8. The summed E-state index contributed by atoms with van der Waals surface area (Å²) < 4.78 is 115. The van der Waals surface area contributed by atoms with E-state index in [2.05, 4.69) is 4.74 Å². The molecule has 3 atom stereocenters. The number of nitrogens with zero attached hydrogens (tertiary/aromatic N) is 1. The van der Waals surface area contributed by atoms with E-state index in [0.29, 0.717) is 18.6 Å². The molecular formula is C25H33F8NO2. The number of carbonyl (C=O) groups excluding carboxylic acids is 1. The first-order chi connectivity index (χ1) is 16.3. The van der Waals surface area contributed by atoms with Crippen molar-refractivity contribution >= 4 is 5.97 Å². The molecule has 1 aromatic rings. The van der Waals surface area contributed by atoms with Gasteiger partial charge < -0.3 is 4.74 Å². The molecule has 0 aliphatic carbocycles. The highest BCUT2D eigenvalue weighted by Gasteiger charge is 2.55. The Morgan fingerprint density at radius 3 is 2.06 bits per heavy atom. The van der Waals surface area contributed by atoms with Crippen LogP contribution in [0.1, 0.15) is 76.5 Å². The largest absolute Gasteiger partial charge is 0.469 e. The molecule has 3 nitrogen and oxygen atoms in total. The fourth-order valence-electron chi connectivity index (χ4n) is 4.66. The molecule has 1 aliphatic rings. The molecule has 1 saturated heterocycles. The topological polar surface area (TPSA) is 29.5 Å². The summed E-state index contributed by atoms with van der Waals surface area (Å²) >= 11 is 0. The Kier molecular flexibility index (Phi) is 9.45. The van der Waals surface area contributed by atoms with Crippen LogP contribution in [0.2, 0.25) is 0 Å². The first-order valence-corrected chi connectivity index (χ1v) is 11.8. The van der Waals surface area contributed by atoms with Crippen LogP contribution in [-0.4, -0.2) is 42.7 Å². The molecule has 0 saturated carbocycles. The van der Waals surface area contributed by atoms with Gasteiger partial charge in [0.1, 0.15) is 0 Å². The van der Waals surface area contributed by atoms with Crippen LogP contribution in [0.25, 0.3) is 0 Å². The van der Waals surface area contributed by atoms with Gasteiger partial charge in [0.25, 0.3) is 5.92 Å². The van der Waals surface area contributed by atoms with Crippen LogP contribution >= 0.6 is 0 Å². The smallest absolute Gasteiger partial charge is 0.416 e. The maximum atomic E-state index is 15.9. The Morgan fingerprint density at radius 1 is 1.03 bits per heavy atom. The Balaban J connectivity index is 2.52. The molecule has 206 valence electrons. The summed E-state index contributed by atoms with van der Waals surface area (Å²) in [5, 5.41) is 0. The second-order valence-corrected chi connectivity index (χ2v) is 10.6. The summed E-state index contributed by atoms with van der Waals surface area (Å²) in [6.07, 6.45) is -10.9. The fourth-order valence-corrected chi connectivity index (χ4v) is 4.66. The highest BCUT2D eigenvalue weighted by molar-refractivity contribution is 5.69. The van der Waals surface area contributed by atoms with Gasteiger partial charge in [-0.25, -0.2) is 8.78 Å². The van der Waals surface area contributed by atoms with E-state index in [1.807, 2.05) is 20.8 Å². The molecule has 0 N–H and O–H groups in total. The molecule has 0 unspecified atom stereocenters. The summed E-state index contributed by atoms with van der Waals surface area (Å²) in [5.41, 5.74) is -1.44. The summed E-state index contributed by atoms with van der Waals surface area (Å²) in [7, 11) is 1.06. The van der Waals surface area contributed by atoms with Gasteiger partial charge in [0.05, 0.1) is 25.1 Å². The predicted octanol–water partition coefficient (Wildman–Crippen LogP) is 7.80. The van der Waals surface area contributed by atoms with Gasteiger partial charge >= 0.3 is 18.3 Å². The molecule has 1 aromatic carbocycles. The van der Waals surface area contributed by atoms with E-state index in [9.17, 15) is 31.1 Å². The van der Waals surface area contributed by atoms with Crippen LogP contribution in [0.5, 0.6) is 0 Å². The second-order valence-electron chi connectivity index (χ2n) is 10.6. The zero-order valence-corrected chi connectivity index (χ0v) is 20.8. The van der Waals surface area contributed by atoms with E-state index < -0.39 is 67.1 Å².